The van der Waals surface area contributed by atoms with E-state index in [1.807, 2.05) is 42.6 Å². The molecule has 2 aromatic heterocycles. The lowest BCUT2D eigenvalue weighted by molar-refractivity contribution is -0.115. The molecule has 2 heterocycles. The van der Waals surface area contributed by atoms with Crippen LogP contribution in [0.5, 0.6) is 0 Å². The van der Waals surface area contributed by atoms with E-state index in [2.05, 4.69) is 10.3 Å². The number of nitrogens with one attached hydrogen (secondary N) is 1. The van der Waals surface area contributed by atoms with Crippen molar-refractivity contribution in [2.75, 3.05) is 24.3 Å². The van der Waals surface area contributed by atoms with Crippen molar-refractivity contribution in [1.29, 1.82) is 0 Å². The van der Waals surface area contributed by atoms with Crippen LogP contribution in [-0.4, -0.2) is 25.0 Å². The Morgan fingerprint density at radius 1 is 1.33 bits per heavy atom. The third-order valence-corrected chi connectivity index (χ3v) is 4.50. The predicted octanol–water partition coefficient (Wildman–Crippen LogP) is 4.30. The van der Waals surface area contributed by atoms with Gasteiger partial charge < -0.3 is 14.6 Å². The molecule has 1 amide bonds. The summed E-state index contributed by atoms with van der Waals surface area (Å²) >= 11 is 7.75. The summed E-state index contributed by atoms with van der Waals surface area (Å²) in [6.07, 6.45) is 1.65. The molecule has 1 N–H and O–H groups in total. The Labute approximate surface area is 148 Å². The van der Waals surface area contributed by atoms with Crippen LogP contribution in [0.2, 0.25) is 5.02 Å². The quantitative estimate of drug-likeness (QED) is 0.735. The number of rotatable bonds is 5. The molecule has 3 aromatic rings. The Morgan fingerprint density at radius 2 is 2.17 bits per heavy atom. The molecule has 0 saturated heterocycles. The number of hydrogen-bond donors (Lipinski definition) is 1. The zero-order chi connectivity index (χ0) is 17.1. The molecule has 7 heteroatoms. The summed E-state index contributed by atoms with van der Waals surface area (Å²) in [6, 6.07) is 9.26. The number of nitrogens with zero attached hydrogens (tertiary/aromatic N) is 2. The molecule has 3 rings (SSSR count). The molecule has 0 fully saturated rings. The summed E-state index contributed by atoms with van der Waals surface area (Å²) in [6.45, 7) is 0. The van der Waals surface area contributed by atoms with E-state index < -0.39 is 0 Å². The highest BCUT2D eigenvalue weighted by molar-refractivity contribution is 7.13. The SMILES string of the molecule is CN(C)c1c(Cl)cccc1NC(=O)Cc1coc(-c2cccs2)n1. The minimum atomic E-state index is -0.175. The first-order valence-electron chi connectivity index (χ1n) is 7.28. The lowest BCUT2D eigenvalue weighted by Gasteiger charge is -2.19. The van der Waals surface area contributed by atoms with Crippen molar-refractivity contribution in [2.45, 2.75) is 6.42 Å². The normalized spacial score (nSPS) is 10.6. The molecule has 0 unspecified atom stereocenters. The van der Waals surface area contributed by atoms with Gasteiger partial charge in [-0.2, -0.15) is 0 Å². The van der Waals surface area contributed by atoms with Gasteiger partial charge in [-0.15, -0.1) is 11.3 Å². The highest BCUT2D eigenvalue weighted by Gasteiger charge is 2.14. The van der Waals surface area contributed by atoms with Crippen LogP contribution in [0.3, 0.4) is 0 Å². The number of oxazole rings is 1. The number of amides is 1. The average molecular weight is 362 g/mol. The zero-order valence-corrected chi connectivity index (χ0v) is 14.8. The summed E-state index contributed by atoms with van der Waals surface area (Å²) in [4.78, 5) is 19.5. The lowest BCUT2D eigenvalue weighted by atomic mass is 10.2. The van der Waals surface area contributed by atoms with Crippen LogP contribution in [-0.2, 0) is 11.2 Å². The van der Waals surface area contributed by atoms with Crippen LogP contribution in [0.4, 0.5) is 11.4 Å². The van der Waals surface area contributed by atoms with E-state index in [-0.39, 0.29) is 12.3 Å². The van der Waals surface area contributed by atoms with Crippen LogP contribution in [0.1, 0.15) is 5.69 Å². The van der Waals surface area contributed by atoms with Crippen molar-refractivity contribution in [3.63, 3.8) is 0 Å². The molecule has 0 bridgehead atoms. The molecule has 24 heavy (non-hydrogen) atoms. The van der Waals surface area contributed by atoms with Gasteiger partial charge in [-0.05, 0) is 23.6 Å². The van der Waals surface area contributed by atoms with E-state index >= 15 is 0 Å². The van der Waals surface area contributed by atoms with Gasteiger partial charge in [0.25, 0.3) is 0 Å². The number of thiophene rings is 1. The fraction of sp³-hybridized carbons (Fsp3) is 0.176. The first-order chi connectivity index (χ1) is 11.5. The second-order valence-electron chi connectivity index (χ2n) is 5.38. The number of hydrogen-bond acceptors (Lipinski definition) is 5. The maximum atomic E-state index is 12.3. The Hall–Kier alpha value is -2.31. The molecule has 0 atom stereocenters. The van der Waals surface area contributed by atoms with Gasteiger partial charge in [0.15, 0.2) is 0 Å². The Bertz CT molecular complexity index is 843. The third kappa shape index (κ3) is 3.60. The zero-order valence-electron chi connectivity index (χ0n) is 13.2. The minimum absolute atomic E-state index is 0.133. The molecule has 124 valence electrons. The summed E-state index contributed by atoms with van der Waals surface area (Å²) in [7, 11) is 3.75. The first kappa shape index (κ1) is 16.5. The van der Waals surface area contributed by atoms with E-state index in [0.717, 1.165) is 10.6 Å². The lowest BCUT2D eigenvalue weighted by Crippen LogP contribution is -2.18. The minimum Gasteiger partial charge on any atom is -0.444 e. The molecule has 0 aliphatic carbocycles. The molecular formula is C17H16ClN3O2S. The van der Waals surface area contributed by atoms with Crippen LogP contribution >= 0.6 is 22.9 Å². The van der Waals surface area contributed by atoms with Crippen molar-refractivity contribution in [2.24, 2.45) is 0 Å². The van der Waals surface area contributed by atoms with E-state index in [1.54, 1.807) is 23.5 Å². The highest BCUT2D eigenvalue weighted by atomic mass is 35.5. The Kier molecular flexibility index (Phi) is 4.87. The summed E-state index contributed by atoms with van der Waals surface area (Å²) in [5.74, 6) is 0.357. The average Bonchev–Trinajstić information content (AvgIpc) is 3.17. The van der Waals surface area contributed by atoms with Crippen molar-refractivity contribution in [3.8, 4) is 10.8 Å². The fourth-order valence-electron chi connectivity index (χ4n) is 2.33. The van der Waals surface area contributed by atoms with Crippen molar-refractivity contribution >= 4 is 40.2 Å². The molecule has 1 aromatic carbocycles. The third-order valence-electron chi connectivity index (χ3n) is 3.33. The number of para-hydroxylation sites is 1. The van der Waals surface area contributed by atoms with E-state index in [0.29, 0.717) is 22.3 Å². The molecule has 0 aliphatic heterocycles. The fourth-order valence-corrected chi connectivity index (χ4v) is 3.33. The highest BCUT2D eigenvalue weighted by Crippen LogP contribution is 2.32. The van der Waals surface area contributed by atoms with Crippen LogP contribution in [0.15, 0.2) is 46.4 Å². The largest absolute Gasteiger partial charge is 0.444 e. The van der Waals surface area contributed by atoms with Gasteiger partial charge in [0.1, 0.15) is 6.26 Å². The smallest absolute Gasteiger partial charge is 0.236 e. The second-order valence-corrected chi connectivity index (χ2v) is 6.73. The standard InChI is InChI=1S/C17H16ClN3O2S/c1-21(2)16-12(18)5-3-6-13(16)20-15(22)9-11-10-23-17(19-11)14-7-4-8-24-14/h3-8,10H,9H2,1-2H3,(H,20,22). The van der Waals surface area contributed by atoms with Crippen molar-refractivity contribution < 1.29 is 9.21 Å². The Balaban J connectivity index is 1.72. The monoisotopic (exact) mass is 361 g/mol. The van der Waals surface area contributed by atoms with E-state index in [9.17, 15) is 4.79 Å². The van der Waals surface area contributed by atoms with Crippen LogP contribution in [0.25, 0.3) is 10.8 Å². The number of benzene rings is 1. The van der Waals surface area contributed by atoms with Gasteiger partial charge in [-0.25, -0.2) is 4.98 Å². The van der Waals surface area contributed by atoms with Gasteiger partial charge >= 0.3 is 0 Å². The van der Waals surface area contributed by atoms with Gasteiger partial charge in [-0.1, -0.05) is 23.7 Å². The number of aromatic nitrogens is 1. The first-order valence-corrected chi connectivity index (χ1v) is 8.54. The van der Waals surface area contributed by atoms with Gasteiger partial charge in [-0.3, -0.25) is 4.79 Å². The summed E-state index contributed by atoms with van der Waals surface area (Å²) in [5.41, 5.74) is 2.02. The molecule has 0 aliphatic rings. The maximum Gasteiger partial charge on any atom is 0.236 e. The Morgan fingerprint density at radius 3 is 2.88 bits per heavy atom. The predicted molar refractivity (Wildman–Crippen MR) is 97.9 cm³/mol. The number of carbonyl (C=O) groups excluding carboxylic acids is 1. The second kappa shape index (κ2) is 7.07. The van der Waals surface area contributed by atoms with E-state index in [1.165, 1.54) is 6.26 Å². The number of anilines is 2. The molecular weight excluding hydrogens is 346 g/mol. The van der Waals surface area contributed by atoms with Crippen molar-refractivity contribution in [1.82, 2.24) is 4.98 Å². The van der Waals surface area contributed by atoms with Crippen LogP contribution in [0, 0.1) is 0 Å². The number of halogens is 1. The topological polar surface area (TPSA) is 58.4 Å². The summed E-state index contributed by atoms with van der Waals surface area (Å²) < 4.78 is 5.43. The summed E-state index contributed by atoms with van der Waals surface area (Å²) in [5, 5.41) is 5.42. The van der Waals surface area contributed by atoms with E-state index in [4.69, 9.17) is 16.0 Å². The van der Waals surface area contributed by atoms with Gasteiger partial charge in [0.2, 0.25) is 11.8 Å². The molecule has 0 radical (unpaired) electrons. The number of carbonyl (C=O) groups is 1. The molecule has 0 spiro atoms. The molecule has 0 saturated carbocycles. The van der Waals surface area contributed by atoms with Crippen LogP contribution < -0.4 is 10.2 Å². The maximum absolute atomic E-state index is 12.3. The molecule has 5 nitrogen and oxygen atoms in total. The van der Waals surface area contributed by atoms with Crippen molar-refractivity contribution in [3.05, 3.63) is 52.7 Å². The van der Waals surface area contributed by atoms with Gasteiger partial charge in [0.05, 0.1) is 33.4 Å². The van der Waals surface area contributed by atoms with Gasteiger partial charge in [0, 0.05) is 14.1 Å².